The van der Waals surface area contributed by atoms with E-state index in [1.165, 1.54) is 0 Å². The first-order valence-electron chi connectivity index (χ1n) is 6.17. The molecule has 3 atom stereocenters. The second-order valence-corrected chi connectivity index (χ2v) is 5.28. The van der Waals surface area contributed by atoms with E-state index in [1.54, 1.807) is 6.20 Å². The van der Waals surface area contributed by atoms with E-state index in [2.05, 4.69) is 15.3 Å². The summed E-state index contributed by atoms with van der Waals surface area (Å²) in [6, 6.07) is 5.58. The summed E-state index contributed by atoms with van der Waals surface area (Å²) in [4.78, 5) is 8.55. The molecule has 0 saturated heterocycles. The average Bonchev–Trinajstić information content (AvgIpc) is 2.68. The molecule has 2 aromatic heterocycles. The molecule has 5 nitrogen and oxygen atoms in total. The molecule has 2 heterocycles. The van der Waals surface area contributed by atoms with Crippen molar-refractivity contribution < 1.29 is 10.2 Å². The molecule has 0 bridgehead atoms. The molecule has 0 aromatic carbocycles. The highest BCUT2D eigenvalue weighted by atomic mass is 35.5. The Morgan fingerprint density at radius 1 is 1.21 bits per heavy atom. The summed E-state index contributed by atoms with van der Waals surface area (Å²) in [5.41, 5.74) is 0.619. The first-order chi connectivity index (χ1) is 9.11. The van der Waals surface area contributed by atoms with E-state index < -0.39 is 12.2 Å². The molecular formula is C13H14ClN3O2. The van der Waals surface area contributed by atoms with Crippen LogP contribution in [0.15, 0.2) is 24.4 Å². The number of rotatable bonds is 2. The van der Waals surface area contributed by atoms with E-state index in [1.807, 2.05) is 18.2 Å². The minimum atomic E-state index is -0.658. The fourth-order valence-corrected chi connectivity index (χ4v) is 2.55. The number of pyridine rings is 2. The zero-order chi connectivity index (χ0) is 13.4. The quantitative estimate of drug-likeness (QED) is 0.778. The van der Waals surface area contributed by atoms with Crippen LogP contribution in [0.5, 0.6) is 0 Å². The van der Waals surface area contributed by atoms with Gasteiger partial charge in [-0.1, -0.05) is 11.6 Å². The van der Waals surface area contributed by atoms with E-state index in [0.717, 1.165) is 5.39 Å². The van der Waals surface area contributed by atoms with Crippen molar-refractivity contribution in [1.82, 2.24) is 9.97 Å². The van der Waals surface area contributed by atoms with Crippen LogP contribution in [0.4, 0.5) is 5.82 Å². The van der Waals surface area contributed by atoms with Crippen molar-refractivity contribution in [1.29, 1.82) is 0 Å². The summed E-state index contributed by atoms with van der Waals surface area (Å²) < 4.78 is 0. The van der Waals surface area contributed by atoms with Gasteiger partial charge in [0.1, 0.15) is 5.82 Å². The molecular weight excluding hydrogens is 266 g/mol. The number of aromatic nitrogens is 2. The second kappa shape index (κ2) is 4.92. The van der Waals surface area contributed by atoms with Crippen molar-refractivity contribution in [2.75, 3.05) is 5.32 Å². The molecule has 6 heteroatoms. The van der Waals surface area contributed by atoms with Crippen LogP contribution in [0, 0.1) is 0 Å². The van der Waals surface area contributed by atoms with E-state index in [0.29, 0.717) is 29.3 Å². The Hall–Kier alpha value is -1.43. The normalized spacial score (nSPS) is 26.8. The lowest BCUT2D eigenvalue weighted by Crippen LogP contribution is -2.17. The number of aliphatic hydroxyl groups is 2. The molecule has 1 aliphatic rings. The van der Waals surface area contributed by atoms with Gasteiger partial charge in [0.15, 0.2) is 5.65 Å². The maximum absolute atomic E-state index is 9.51. The van der Waals surface area contributed by atoms with Crippen molar-refractivity contribution in [3.8, 4) is 0 Å². The first kappa shape index (κ1) is 12.6. The van der Waals surface area contributed by atoms with Crippen LogP contribution in [0.3, 0.4) is 0 Å². The Morgan fingerprint density at radius 3 is 2.68 bits per heavy atom. The Labute approximate surface area is 115 Å². The second-order valence-electron chi connectivity index (χ2n) is 4.84. The molecule has 1 saturated carbocycles. The van der Waals surface area contributed by atoms with Crippen LogP contribution in [0.25, 0.3) is 11.0 Å². The van der Waals surface area contributed by atoms with E-state index in [9.17, 15) is 10.2 Å². The van der Waals surface area contributed by atoms with Crippen molar-refractivity contribution in [2.45, 2.75) is 31.1 Å². The summed E-state index contributed by atoms with van der Waals surface area (Å²) in [7, 11) is 0. The highest BCUT2D eigenvalue weighted by Crippen LogP contribution is 2.24. The molecule has 2 aromatic rings. The summed E-state index contributed by atoms with van der Waals surface area (Å²) in [6.07, 6.45) is 1.29. The highest BCUT2D eigenvalue weighted by Gasteiger charge is 2.31. The Bertz CT molecular complexity index is 597. The van der Waals surface area contributed by atoms with Gasteiger partial charge in [0.2, 0.25) is 0 Å². The Morgan fingerprint density at radius 2 is 1.95 bits per heavy atom. The van der Waals surface area contributed by atoms with Crippen LogP contribution in [0.2, 0.25) is 5.02 Å². The highest BCUT2D eigenvalue weighted by molar-refractivity contribution is 6.31. The fraction of sp³-hybridized carbons (Fsp3) is 0.385. The standard InChI is InChI=1S/C13H14ClN3O2/c14-8-3-7-1-2-12(17-13(7)15-6-8)16-9-4-10(18)11(19)5-9/h1-3,6,9-11,18-19H,4-5H2,(H,15,16,17)/t9?,10-,11+. The molecule has 100 valence electrons. The Balaban J connectivity index is 1.80. The summed E-state index contributed by atoms with van der Waals surface area (Å²) in [5, 5.41) is 23.7. The van der Waals surface area contributed by atoms with Crippen LogP contribution in [-0.2, 0) is 0 Å². The van der Waals surface area contributed by atoms with Gasteiger partial charge in [-0.25, -0.2) is 9.97 Å². The van der Waals surface area contributed by atoms with Crippen LogP contribution in [0.1, 0.15) is 12.8 Å². The van der Waals surface area contributed by atoms with Crippen LogP contribution < -0.4 is 5.32 Å². The third-order valence-electron chi connectivity index (χ3n) is 3.36. The first-order valence-corrected chi connectivity index (χ1v) is 6.54. The van der Waals surface area contributed by atoms with Gasteiger partial charge in [0, 0.05) is 17.6 Å². The smallest absolute Gasteiger partial charge is 0.161 e. The molecule has 1 aliphatic carbocycles. The van der Waals surface area contributed by atoms with Crippen molar-refractivity contribution in [3.63, 3.8) is 0 Å². The van der Waals surface area contributed by atoms with Crippen molar-refractivity contribution >= 4 is 28.5 Å². The van der Waals surface area contributed by atoms with Gasteiger partial charge >= 0.3 is 0 Å². The Kier molecular flexibility index (Phi) is 3.26. The monoisotopic (exact) mass is 279 g/mol. The molecule has 19 heavy (non-hydrogen) atoms. The van der Waals surface area contributed by atoms with Gasteiger partial charge in [-0.3, -0.25) is 0 Å². The number of halogens is 1. The largest absolute Gasteiger partial charge is 0.390 e. The number of hydrogen-bond donors (Lipinski definition) is 3. The van der Waals surface area contributed by atoms with Crippen molar-refractivity contribution in [2.24, 2.45) is 0 Å². The number of fused-ring (bicyclic) bond motifs is 1. The average molecular weight is 280 g/mol. The summed E-state index contributed by atoms with van der Waals surface area (Å²) >= 11 is 5.87. The third kappa shape index (κ3) is 2.63. The van der Waals surface area contributed by atoms with Gasteiger partial charge in [-0.15, -0.1) is 0 Å². The fourth-order valence-electron chi connectivity index (χ4n) is 2.38. The van der Waals surface area contributed by atoms with Crippen molar-refractivity contribution in [3.05, 3.63) is 29.4 Å². The molecule has 3 N–H and O–H groups in total. The minimum absolute atomic E-state index is 0.0299. The molecule has 0 radical (unpaired) electrons. The van der Waals surface area contributed by atoms with Gasteiger partial charge in [-0.2, -0.15) is 0 Å². The molecule has 0 aliphatic heterocycles. The lowest BCUT2D eigenvalue weighted by Gasteiger charge is -2.12. The summed E-state index contributed by atoms with van der Waals surface area (Å²) in [6.45, 7) is 0. The SMILES string of the molecule is O[C@@H]1CC(Nc2ccc3cc(Cl)cnc3n2)C[C@@H]1O. The maximum Gasteiger partial charge on any atom is 0.161 e. The molecule has 0 amide bonds. The zero-order valence-electron chi connectivity index (χ0n) is 10.1. The van der Waals surface area contributed by atoms with E-state index in [-0.39, 0.29) is 6.04 Å². The predicted molar refractivity (Wildman–Crippen MR) is 73.2 cm³/mol. The van der Waals surface area contributed by atoms with Gasteiger partial charge in [-0.05, 0) is 31.0 Å². The number of anilines is 1. The minimum Gasteiger partial charge on any atom is -0.390 e. The van der Waals surface area contributed by atoms with E-state index in [4.69, 9.17) is 11.6 Å². The number of nitrogens with zero attached hydrogens (tertiary/aromatic N) is 2. The van der Waals surface area contributed by atoms with Crippen LogP contribution >= 0.6 is 11.6 Å². The molecule has 1 fully saturated rings. The molecule has 0 spiro atoms. The maximum atomic E-state index is 9.51. The van der Waals surface area contributed by atoms with Crippen LogP contribution in [-0.4, -0.2) is 38.4 Å². The zero-order valence-corrected chi connectivity index (χ0v) is 10.9. The summed E-state index contributed by atoms with van der Waals surface area (Å²) in [5.74, 6) is 0.689. The number of nitrogens with one attached hydrogen (secondary N) is 1. The van der Waals surface area contributed by atoms with Gasteiger partial charge in [0.25, 0.3) is 0 Å². The number of aliphatic hydroxyl groups excluding tert-OH is 2. The lowest BCUT2D eigenvalue weighted by molar-refractivity contribution is 0.0438. The predicted octanol–water partition coefficient (Wildman–Crippen LogP) is 1.58. The molecule has 1 unspecified atom stereocenters. The lowest BCUT2D eigenvalue weighted by atomic mass is 10.2. The number of hydrogen-bond acceptors (Lipinski definition) is 5. The molecule has 3 rings (SSSR count). The van der Waals surface area contributed by atoms with Gasteiger partial charge in [0.05, 0.1) is 17.2 Å². The third-order valence-corrected chi connectivity index (χ3v) is 3.56. The van der Waals surface area contributed by atoms with Gasteiger partial charge < -0.3 is 15.5 Å². The van der Waals surface area contributed by atoms with E-state index >= 15 is 0 Å². The topological polar surface area (TPSA) is 78.3 Å².